The van der Waals surface area contributed by atoms with E-state index in [-0.39, 0.29) is 11.9 Å². The number of aryl methyl sites for hydroxylation is 1. The van der Waals surface area contributed by atoms with Crippen LogP contribution in [0.15, 0.2) is 18.2 Å². The summed E-state index contributed by atoms with van der Waals surface area (Å²) in [7, 11) is 0. The van der Waals surface area contributed by atoms with Crippen molar-refractivity contribution in [3.63, 3.8) is 0 Å². The Morgan fingerprint density at radius 2 is 2.00 bits per heavy atom. The highest BCUT2D eigenvalue weighted by Crippen LogP contribution is 2.26. The molecule has 2 nitrogen and oxygen atoms in total. The van der Waals surface area contributed by atoms with Crippen LogP contribution in [0.1, 0.15) is 34.8 Å². The van der Waals surface area contributed by atoms with Crippen LogP contribution in [0.4, 0.5) is 8.78 Å². The second kappa shape index (κ2) is 5.29. The van der Waals surface area contributed by atoms with Crippen molar-refractivity contribution < 1.29 is 8.78 Å². The van der Waals surface area contributed by atoms with Gasteiger partial charge in [-0.15, -0.1) is 11.6 Å². The molecule has 0 saturated heterocycles. The zero-order chi connectivity index (χ0) is 14.2. The Bertz CT molecular complexity index is 606. The predicted octanol–water partition coefficient (Wildman–Crippen LogP) is 4.13. The number of hydrogen-bond acceptors (Lipinski definition) is 1. The Morgan fingerprint density at radius 3 is 2.53 bits per heavy atom. The molecule has 0 amide bonds. The summed E-state index contributed by atoms with van der Waals surface area (Å²) in [5, 5.41) is 4.22. The first-order valence-electron chi connectivity index (χ1n) is 6.02. The Labute approximate surface area is 116 Å². The minimum absolute atomic E-state index is 0.146. The molecule has 0 bridgehead atoms. The average Bonchev–Trinajstić information content (AvgIpc) is 2.58. The monoisotopic (exact) mass is 284 g/mol. The molecule has 0 aliphatic heterocycles. The fourth-order valence-electron chi connectivity index (χ4n) is 2.25. The lowest BCUT2D eigenvalue weighted by Gasteiger charge is -2.07. The number of nitrogens with zero attached hydrogens (tertiary/aromatic N) is 2. The number of alkyl halides is 1. The highest BCUT2D eigenvalue weighted by Gasteiger charge is 2.16. The molecule has 1 heterocycles. The van der Waals surface area contributed by atoms with Gasteiger partial charge in [-0.3, -0.25) is 4.68 Å². The van der Waals surface area contributed by atoms with Crippen LogP contribution < -0.4 is 0 Å². The van der Waals surface area contributed by atoms with Gasteiger partial charge in [-0.1, -0.05) is 6.07 Å². The highest BCUT2D eigenvalue weighted by molar-refractivity contribution is 6.20. The Hall–Kier alpha value is -1.42. The zero-order valence-electron chi connectivity index (χ0n) is 11.0. The molecule has 102 valence electrons. The van der Waals surface area contributed by atoms with Gasteiger partial charge in [0.25, 0.3) is 0 Å². The van der Waals surface area contributed by atoms with Crippen LogP contribution in [0.25, 0.3) is 0 Å². The van der Waals surface area contributed by atoms with Gasteiger partial charge in [-0.25, -0.2) is 8.78 Å². The molecule has 19 heavy (non-hydrogen) atoms. The second-order valence-corrected chi connectivity index (χ2v) is 5.25. The number of hydrogen-bond donors (Lipinski definition) is 0. The van der Waals surface area contributed by atoms with E-state index < -0.39 is 11.6 Å². The Kier molecular flexibility index (Phi) is 3.90. The summed E-state index contributed by atoms with van der Waals surface area (Å²) >= 11 is 6.11. The van der Waals surface area contributed by atoms with E-state index in [1.165, 1.54) is 12.1 Å². The first kappa shape index (κ1) is 14.0. The normalized spacial score (nSPS) is 12.7. The molecule has 0 aliphatic rings. The molecule has 1 aromatic carbocycles. The van der Waals surface area contributed by atoms with Gasteiger partial charge in [0.15, 0.2) is 0 Å². The maximum atomic E-state index is 13.6. The molecule has 0 spiro atoms. The highest BCUT2D eigenvalue weighted by atomic mass is 35.5. The van der Waals surface area contributed by atoms with Crippen molar-refractivity contribution in [2.45, 2.75) is 32.7 Å². The van der Waals surface area contributed by atoms with Crippen LogP contribution in [-0.2, 0) is 6.54 Å². The van der Waals surface area contributed by atoms with Crippen molar-refractivity contribution in [3.8, 4) is 0 Å². The Morgan fingerprint density at radius 1 is 1.32 bits per heavy atom. The van der Waals surface area contributed by atoms with Crippen molar-refractivity contribution in [3.05, 3.63) is 52.3 Å². The molecule has 0 aliphatic carbocycles. The minimum atomic E-state index is -0.579. The van der Waals surface area contributed by atoms with Crippen molar-refractivity contribution in [2.24, 2.45) is 0 Å². The smallest absolute Gasteiger partial charge is 0.131 e. The maximum Gasteiger partial charge on any atom is 0.131 e. The molecule has 1 atom stereocenters. The Balaban J connectivity index is 2.36. The van der Waals surface area contributed by atoms with E-state index in [2.05, 4.69) is 5.10 Å². The summed E-state index contributed by atoms with van der Waals surface area (Å²) in [5.41, 5.74) is 3.11. The zero-order valence-corrected chi connectivity index (χ0v) is 11.8. The first-order chi connectivity index (χ1) is 8.90. The van der Waals surface area contributed by atoms with E-state index in [9.17, 15) is 8.78 Å². The number of benzene rings is 1. The third-order valence-electron chi connectivity index (χ3n) is 3.17. The molecule has 5 heteroatoms. The van der Waals surface area contributed by atoms with Gasteiger partial charge in [0.05, 0.1) is 17.6 Å². The molecule has 1 unspecified atom stereocenters. The average molecular weight is 285 g/mol. The van der Waals surface area contributed by atoms with Crippen LogP contribution in [-0.4, -0.2) is 9.78 Å². The van der Waals surface area contributed by atoms with Crippen molar-refractivity contribution in [2.75, 3.05) is 0 Å². The standard InChI is InChI=1S/C14H15ClF2N2/c1-8(15)14-9(2)18-19(10(14)3)7-11-4-5-12(16)6-13(11)17/h4-6,8H,7H2,1-3H3. The quantitative estimate of drug-likeness (QED) is 0.775. The van der Waals surface area contributed by atoms with Crippen LogP contribution in [0.5, 0.6) is 0 Å². The lowest BCUT2D eigenvalue weighted by Crippen LogP contribution is -2.06. The van der Waals surface area contributed by atoms with Crippen LogP contribution in [0, 0.1) is 25.5 Å². The third-order valence-corrected chi connectivity index (χ3v) is 3.39. The topological polar surface area (TPSA) is 17.8 Å². The molecule has 0 N–H and O–H groups in total. The van der Waals surface area contributed by atoms with E-state index in [1.54, 1.807) is 4.68 Å². The molecule has 1 aromatic heterocycles. The minimum Gasteiger partial charge on any atom is -0.265 e. The lowest BCUT2D eigenvalue weighted by atomic mass is 10.1. The SMILES string of the molecule is Cc1nn(Cc2ccc(F)cc2F)c(C)c1C(C)Cl. The van der Waals surface area contributed by atoms with Crippen molar-refractivity contribution in [1.82, 2.24) is 9.78 Å². The van der Waals surface area contributed by atoms with Crippen LogP contribution >= 0.6 is 11.6 Å². The summed E-state index contributed by atoms with van der Waals surface area (Å²) in [5.74, 6) is -1.14. The largest absolute Gasteiger partial charge is 0.265 e. The van der Waals surface area contributed by atoms with E-state index in [4.69, 9.17) is 11.6 Å². The fraction of sp³-hybridized carbons (Fsp3) is 0.357. The lowest BCUT2D eigenvalue weighted by molar-refractivity contribution is 0.555. The summed E-state index contributed by atoms with van der Waals surface area (Å²) in [4.78, 5) is 0. The van der Waals surface area contributed by atoms with E-state index >= 15 is 0 Å². The first-order valence-corrected chi connectivity index (χ1v) is 6.45. The second-order valence-electron chi connectivity index (χ2n) is 4.59. The number of halogens is 3. The van der Waals surface area contributed by atoms with Gasteiger partial charge >= 0.3 is 0 Å². The van der Waals surface area contributed by atoms with Gasteiger partial charge in [0.1, 0.15) is 11.6 Å². The number of rotatable bonds is 3. The van der Waals surface area contributed by atoms with Crippen LogP contribution in [0.3, 0.4) is 0 Å². The van der Waals surface area contributed by atoms with E-state index in [0.717, 1.165) is 23.0 Å². The molecular formula is C14H15ClF2N2. The molecule has 2 aromatic rings. The van der Waals surface area contributed by atoms with Crippen LogP contribution in [0.2, 0.25) is 0 Å². The molecule has 0 fully saturated rings. The molecular weight excluding hydrogens is 270 g/mol. The summed E-state index contributed by atoms with van der Waals surface area (Å²) < 4.78 is 28.2. The van der Waals surface area contributed by atoms with Crippen molar-refractivity contribution in [1.29, 1.82) is 0 Å². The van der Waals surface area contributed by atoms with Gasteiger partial charge in [-0.05, 0) is 26.8 Å². The van der Waals surface area contributed by atoms with Gasteiger partial charge in [0.2, 0.25) is 0 Å². The van der Waals surface area contributed by atoms with Gasteiger partial charge in [-0.2, -0.15) is 5.10 Å². The number of aromatic nitrogens is 2. The van der Waals surface area contributed by atoms with E-state index in [0.29, 0.717) is 5.56 Å². The summed E-state index contributed by atoms with van der Waals surface area (Å²) in [6.45, 7) is 5.91. The third kappa shape index (κ3) is 2.78. The van der Waals surface area contributed by atoms with E-state index in [1.807, 2.05) is 20.8 Å². The van der Waals surface area contributed by atoms with Crippen molar-refractivity contribution >= 4 is 11.6 Å². The molecule has 2 rings (SSSR count). The van der Waals surface area contributed by atoms with Gasteiger partial charge < -0.3 is 0 Å². The fourth-order valence-corrected chi connectivity index (χ4v) is 2.57. The maximum absolute atomic E-state index is 13.6. The predicted molar refractivity (Wildman–Crippen MR) is 71.4 cm³/mol. The van der Waals surface area contributed by atoms with Gasteiger partial charge in [0, 0.05) is 22.9 Å². The molecule has 0 saturated carbocycles. The summed E-state index contributed by atoms with van der Waals surface area (Å²) in [6.07, 6.45) is 0. The molecule has 0 radical (unpaired) electrons. The summed E-state index contributed by atoms with van der Waals surface area (Å²) in [6, 6.07) is 3.56.